The van der Waals surface area contributed by atoms with Gasteiger partial charge in [-0.3, -0.25) is 5.43 Å². The van der Waals surface area contributed by atoms with Crippen molar-refractivity contribution in [2.75, 3.05) is 5.43 Å². The van der Waals surface area contributed by atoms with Gasteiger partial charge in [0.2, 0.25) is 0 Å². The second kappa shape index (κ2) is 8.27. The van der Waals surface area contributed by atoms with Gasteiger partial charge in [-0.25, -0.2) is 9.97 Å². The van der Waals surface area contributed by atoms with Crippen molar-refractivity contribution in [2.45, 2.75) is 0 Å². The Morgan fingerprint density at radius 2 is 1.68 bits per heavy atom. The van der Waals surface area contributed by atoms with Crippen LogP contribution in [0.2, 0.25) is 10.0 Å². The van der Waals surface area contributed by atoms with Gasteiger partial charge in [0.1, 0.15) is 0 Å². The van der Waals surface area contributed by atoms with Crippen LogP contribution in [0.1, 0.15) is 5.56 Å². The molecule has 0 bridgehead atoms. The van der Waals surface area contributed by atoms with E-state index in [2.05, 4.69) is 36.4 Å². The summed E-state index contributed by atoms with van der Waals surface area (Å²) < 4.78 is 1.02. The van der Waals surface area contributed by atoms with Crippen molar-refractivity contribution in [3.63, 3.8) is 0 Å². The lowest BCUT2D eigenvalue weighted by Crippen LogP contribution is -1.99. The first-order chi connectivity index (χ1) is 13.6. The first kappa shape index (κ1) is 18.9. The molecule has 0 amide bonds. The highest BCUT2D eigenvalue weighted by Crippen LogP contribution is 2.29. The van der Waals surface area contributed by atoms with Gasteiger partial charge in [0.15, 0.2) is 11.6 Å². The number of fused-ring (bicyclic) bond motifs is 1. The largest absolute Gasteiger partial charge is 0.261 e. The SMILES string of the molecule is Clc1ccc(-c2nc(N/N=C/c3ccc(Br)cc3)c3ccccc3n2)cc1Cl. The van der Waals surface area contributed by atoms with Crippen LogP contribution in [0, 0.1) is 0 Å². The van der Waals surface area contributed by atoms with E-state index in [9.17, 15) is 0 Å². The molecule has 0 spiro atoms. The van der Waals surface area contributed by atoms with Crippen LogP contribution in [0.15, 0.2) is 76.3 Å². The summed E-state index contributed by atoms with van der Waals surface area (Å²) in [4.78, 5) is 9.28. The molecule has 4 aromatic rings. The molecule has 4 rings (SSSR count). The van der Waals surface area contributed by atoms with Gasteiger partial charge in [-0.05, 0) is 48.0 Å². The molecule has 0 saturated heterocycles. The van der Waals surface area contributed by atoms with Gasteiger partial charge in [-0.1, -0.05) is 63.4 Å². The lowest BCUT2D eigenvalue weighted by Gasteiger charge is -2.09. The van der Waals surface area contributed by atoms with E-state index in [1.807, 2.05) is 54.6 Å². The smallest absolute Gasteiger partial charge is 0.162 e. The number of anilines is 1. The summed E-state index contributed by atoms with van der Waals surface area (Å²) in [7, 11) is 0. The van der Waals surface area contributed by atoms with Gasteiger partial charge < -0.3 is 0 Å². The summed E-state index contributed by atoms with van der Waals surface area (Å²) in [5, 5.41) is 6.15. The van der Waals surface area contributed by atoms with Crippen molar-refractivity contribution in [3.8, 4) is 11.4 Å². The van der Waals surface area contributed by atoms with Gasteiger partial charge in [0.05, 0.1) is 21.8 Å². The third-order valence-electron chi connectivity index (χ3n) is 4.04. The number of para-hydroxylation sites is 1. The van der Waals surface area contributed by atoms with Crippen molar-refractivity contribution < 1.29 is 0 Å². The summed E-state index contributed by atoms with van der Waals surface area (Å²) in [5.74, 6) is 1.15. The Hall–Kier alpha value is -2.47. The third-order valence-corrected chi connectivity index (χ3v) is 5.30. The quantitative estimate of drug-likeness (QED) is 0.262. The Morgan fingerprint density at radius 3 is 2.46 bits per heavy atom. The molecule has 138 valence electrons. The first-order valence-corrected chi connectivity index (χ1v) is 9.92. The Balaban J connectivity index is 1.71. The zero-order chi connectivity index (χ0) is 19.5. The summed E-state index contributed by atoms with van der Waals surface area (Å²) in [6.07, 6.45) is 1.74. The monoisotopic (exact) mass is 470 g/mol. The molecule has 0 atom stereocenters. The molecule has 4 nitrogen and oxygen atoms in total. The number of hydrogen-bond donors (Lipinski definition) is 1. The van der Waals surface area contributed by atoms with Gasteiger partial charge in [0.25, 0.3) is 0 Å². The van der Waals surface area contributed by atoms with Gasteiger partial charge in [-0.15, -0.1) is 0 Å². The van der Waals surface area contributed by atoms with Gasteiger partial charge in [0, 0.05) is 15.4 Å². The molecule has 0 aliphatic heterocycles. The van der Waals surface area contributed by atoms with E-state index in [-0.39, 0.29) is 0 Å². The van der Waals surface area contributed by atoms with E-state index in [4.69, 9.17) is 23.2 Å². The highest BCUT2D eigenvalue weighted by molar-refractivity contribution is 9.10. The fraction of sp³-hybridized carbons (Fsp3) is 0. The molecule has 1 heterocycles. The Bertz CT molecular complexity index is 1180. The summed E-state index contributed by atoms with van der Waals surface area (Å²) in [6, 6.07) is 20.9. The van der Waals surface area contributed by atoms with Crippen LogP contribution in [0.25, 0.3) is 22.3 Å². The summed E-state index contributed by atoms with van der Waals surface area (Å²) >= 11 is 15.6. The zero-order valence-corrected chi connectivity index (χ0v) is 17.5. The van der Waals surface area contributed by atoms with Crippen molar-refractivity contribution in [1.82, 2.24) is 9.97 Å². The average Bonchev–Trinajstić information content (AvgIpc) is 2.71. The maximum atomic E-state index is 6.15. The van der Waals surface area contributed by atoms with Crippen LogP contribution in [-0.2, 0) is 0 Å². The summed E-state index contributed by atoms with van der Waals surface area (Å²) in [5.41, 5.74) is 5.59. The zero-order valence-electron chi connectivity index (χ0n) is 14.4. The molecule has 1 N–H and O–H groups in total. The number of hydrogen-bond acceptors (Lipinski definition) is 4. The molecule has 0 fully saturated rings. The van der Waals surface area contributed by atoms with E-state index in [1.54, 1.807) is 18.3 Å². The number of benzene rings is 3. The van der Waals surface area contributed by atoms with Crippen molar-refractivity contribution >= 4 is 62.1 Å². The van der Waals surface area contributed by atoms with Gasteiger partial charge in [-0.2, -0.15) is 5.10 Å². The van der Waals surface area contributed by atoms with Crippen LogP contribution in [0.3, 0.4) is 0 Å². The highest BCUT2D eigenvalue weighted by atomic mass is 79.9. The highest BCUT2D eigenvalue weighted by Gasteiger charge is 2.10. The first-order valence-electron chi connectivity index (χ1n) is 8.37. The maximum Gasteiger partial charge on any atom is 0.162 e. The number of hydrazone groups is 1. The number of nitrogens with zero attached hydrogens (tertiary/aromatic N) is 3. The van der Waals surface area contributed by atoms with Crippen molar-refractivity contribution in [2.24, 2.45) is 5.10 Å². The molecular weight excluding hydrogens is 459 g/mol. The standard InChI is InChI=1S/C21H13BrCl2N4/c22-15-8-5-13(6-9-15)12-25-28-21-16-3-1-2-4-19(16)26-20(27-21)14-7-10-17(23)18(24)11-14/h1-12H,(H,26,27,28)/b25-12+. The van der Waals surface area contributed by atoms with E-state index in [0.717, 1.165) is 26.5 Å². The second-order valence-electron chi connectivity index (χ2n) is 5.96. The van der Waals surface area contributed by atoms with Crippen molar-refractivity contribution in [1.29, 1.82) is 0 Å². The molecule has 0 unspecified atom stereocenters. The van der Waals surface area contributed by atoms with Crippen LogP contribution >= 0.6 is 39.1 Å². The minimum Gasteiger partial charge on any atom is -0.261 e. The minimum atomic E-state index is 0.457. The van der Waals surface area contributed by atoms with Crippen LogP contribution < -0.4 is 5.43 Å². The number of nitrogens with one attached hydrogen (secondary N) is 1. The molecular formula is C21H13BrCl2N4. The van der Waals surface area contributed by atoms with Gasteiger partial charge >= 0.3 is 0 Å². The maximum absolute atomic E-state index is 6.15. The Morgan fingerprint density at radius 1 is 0.893 bits per heavy atom. The fourth-order valence-electron chi connectivity index (χ4n) is 2.64. The average molecular weight is 472 g/mol. The third kappa shape index (κ3) is 4.17. The normalized spacial score (nSPS) is 11.2. The molecule has 0 radical (unpaired) electrons. The number of halogens is 3. The molecule has 0 saturated carbocycles. The predicted molar refractivity (Wildman–Crippen MR) is 120 cm³/mol. The summed E-state index contributed by atoms with van der Waals surface area (Å²) in [6.45, 7) is 0. The number of rotatable bonds is 4. The lowest BCUT2D eigenvalue weighted by atomic mass is 10.2. The molecule has 28 heavy (non-hydrogen) atoms. The van der Waals surface area contributed by atoms with E-state index >= 15 is 0 Å². The Labute approximate surface area is 180 Å². The van der Waals surface area contributed by atoms with E-state index in [0.29, 0.717) is 21.7 Å². The predicted octanol–water partition coefficient (Wildman–Crippen LogP) is 6.81. The van der Waals surface area contributed by atoms with E-state index < -0.39 is 0 Å². The van der Waals surface area contributed by atoms with Crippen molar-refractivity contribution in [3.05, 3.63) is 86.8 Å². The topological polar surface area (TPSA) is 50.2 Å². The fourth-order valence-corrected chi connectivity index (χ4v) is 3.21. The van der Waals surface area contributed by atoms with Crippen LogP contribution in [-0.4, -0.2) is 16.2 Å². The molecule has 0 aliphatic rings. The van der Waals surface area contributed by atoms with Crippen LogP contribution in [0.4, 0.5) is 5.82 Å². The minimum absolute atomic E-state index is 0.457. The molecule has 0 aliphatic carbocycles. The van der Waals surface area contributed by atoms with Crippen LogP contribution in [0.5, 0.6) is 0 Å². The van der Waals surface area contributed by atoms with E-state index in [1.165, 1.54) is 0 Å². The Kier molecular flexibility index (Phi) is 5.57. The molecule has 7 heteroatoms. The molecule has 1 aromatic heterocycles. The lowest BCUT2D eigenvalue weighted by molar-refractivity contribution is 1.19. The molecule has 3 aromatic carbocycles. The second-order valence-corrected chi connectivity index (χ2v) is 7.69. The number of aromatic nitrogens is 2.